The highest BCUT2D eigenvalue weighted by molar-refractivity contribution is 5.81. The minimum Gasteiger partial charge on any atom is -0.403 e. The molecule has 0 unspecified atom stereocenters. The Morgan fingerprint density at radius 1 is 1.27 bits per heavy atom. The molecule has 0 amide bonds. The number of benzene rings is 1. The smallest absolute Gasteiger partial charge is 0.403 e. The summed E-state index contributed by atoms with van der Waals surface area (Å²) in [7, 11) is 0. The van der Waals surface area contributed by atoms with Crippen LogP contribution in [0.4, 0.5) is 17.6 Å². The molecule has 0 fully saturated rings. The van der Waals surface area contributed by atoms with Gasteiger partial charge in [-0.05, 0) is 6.07 Å². The number of fused-ring (bicyclic) bond motifs is 1. The quantitative estimate of drug-likeness (QED) is 0.750. The third-order valence-electron chi connectivity index (χ3n) is 1.68. The van der Waals surface area contributed by atoms with Crippen molar-refractivity contribution in [2.24, 2.45) is 0 Å². The maximum atomic E-state index is 12.9. The molecule has 80 valence electrons. The molecule has 0 saturated heterocycles. The Bertz CT molecular complexity index is 491. The number of aromatic amines is 1. The van der Waals surface area contributed by atoms with Crippen LogP contribution >= 0.6 is 0 Å². The van der Waals surface area contributed by atoms with Crippen molar-refractivity contribution < 1.29 is 22.3 Å². The van der Waals surface area contributed by atoms with Crippen molar-refractivity contribution in [1.82, 2.24) is 9.97 Å². The second kappa shape index (κ2) is 3.11. The lowest BCUT2D eigenvalue weighted by Gasteiger charge is -2.08. The van der Waals surface area contributed by atoms with Crippen LogP contribution in [0.3, 0.4) is 0 Å². The number of nitrogens with zero attached hydrogens (tertiary/aromatic N) is 1. The van der Waals surface area contributed by atoms with Crippen molar-refractivity contribution in [2.45, 2.75) is 6.36 Å². The molecular formula is C8H4F4N2O. The standard InChI is InChI=1S/C8H4F4N2O/c9-4-1-5-7(14-3-13-5)6(2-4)15-8(10,11)12/h1-3H,(H,13,14). The first-order chi connectivity index (χ1) is 6.96. The molecule has 1 aromatic carbocycles. The van der Waals surface area contributed by atoms with E-state index in [0.717, 1.165) is 12.4 Å². The van der Waals surface area contributed by atoms with E-state index in [-0.39, 0.29) is 11.0 Å². The van der Waals surface area contributed by atoms with Crippen LogP contribution in [0.25, 0.3) is 11.0 Å². The lowest BCUT2D eigenvalue weighted by molar-refractivity contribution is -0.274. The van der Waals surface area contributed by atoms with Gasteiger partial charge in [0.1, 0.15) is 11.3 Å². The molecule has 0 spiro atoms. The lowest BCUT2D eigenvalue weighted by Crippen LogP contribution is -2.17. The second-order valence-corrected chi connectivity index (χ2v) is 2.75. The topological polar surface area (TPSA) is 37.9 Å². The Morgan fingerprint density at radius 2 is 2.00 bits per heavy atom. The Kier molecular flexibility index (Phi) is 2.02. The SMILES string of the molecule is Fc1cc(OC(F)(F)F)c2nc[nH]c2c1. The predicted octanol–water partition coefficient (Wildman–Crippen LogP) is 2.60. The third kappa shape index (κ3) is 2.00. The highest BCUT2D eigenvalue weighted by atomic mass is 19.4. The molecule has 1 aromatic heterocycles. The number of H-pyrrole nitrogens is 1. The molecule has 0 aliphatic rings. The summed E-state index contributed by atoms with van der Waals surface area (Å²) < 4.78 is 52.3. The van der Waals surface area contributed by atoms with Crippen LogP contribution in [0.1, 0.15) is 0 Å². The predicted molar refractivity (Wildman–Crippen MR) is 42.7 cm³/mol. The molecule has 3 nitrogen and oxygen atoms in total. The maximum Gasteiger partial charge on any atom is 0.573 e. The van der Waals surface area contributed by atoms with Crippen molar-refractivity contribution in [3.8, 4) is 5.75 Å². The van der Waals surface area contributed by atoms with E-state index in [1.807, 2.05) is 0 Å². The van der Waals surface area contributed by atoms with Gasteiger partial charge in [-0.1, -0.05) is 0 Å². The molecule has 2 aromatic rings. The molecule has 15 heavy (non-hydrogen) atoms. The first-order valence-corrected chi connectivity index (χ1v) is 3.84. The minimum atomic E-state index is -4.86. The third-order valence-corrected chi connectivity index (χ3v) is 1.68. The van der Waals surface area contributed by atoms with Crippen molar-refractivity contribution >= 4 is 11.0 Å². The largest absolute Gasteiger partial charge is 0.573 e. The fourth-order valence-corrected chi connectivity index (χ4v) is 1.19. The zero-order valence-corrected chi connectivity index (χ0v) is 7.10. The first-order valence-electron chi connectivity index (χ1n) is 3.84. The number of halogens is 4. The van der Waals surface area contributed by atoms with Crippen LogP contribution in [-0.2, 0) is 0 Å². The molecule has 0 bridgehead atoms. The van der Waals surface area contributed by atoms with Gasteiger partial charge >= 0.3 is 6.36 Å². The Balaban J connectivity index is 2.53. The van der Waals surface area contributed by atoms with Gasteiger partial charge in [0.25, 0.3) is 0 Å². The highest BCUT2D eigenvalue weighted by Crippen LogP contribution is 2.29. The maximum absolute atomic E-state index is 12.9. The molecule has 0 aliphatic heterocycles. The zero-order chi connectivity index (χ0) is 11.1. The number of ether oxygens (including phenoxy) is 1. The molecule has 2 rings (SSSR count). The van der Waals surface area contributed by atoms with Crippen molar-refractivity contribution in [1.29, 1.82) is 0 Å². The van der Waals surface area contributed by atoms with Crippen molar-refractivity contribution in [3.05, 3.63) is 24.3 Å². The summed E-state index contributed by atoms with van der Waals surface area (Å²) in [5.74, 6) is -1.48. The molecule has 0 saturated carbocycles. The number of nitrogens with one attached hydrogen (secondary N) is 1. The summed E-state index contributed by atoms with van der Waals surface area (Å²) in [6.45, 7) is 0. The van der Waals surface area contributed by atoms with Gasteiger partial charge in [-0.3, -0.25) is 0 Å². The number of alkyl halides is 3. The average Bonchev–Trinajstić information content (AvgIpc) is 2.48. The summed E-state index contributed by atoms with van der Waals surface area (Å²) in [6.07, 6.45) is -3.70. The summed E-state index contributed by atoms with van der Waals surface area (Å²) in [6, 6.07) is 1.67. The van der Waals surface area contributed by atoms with Crippen LogP contribution in [0.2, 0.25) is 0 Å². The van der Waals surface area contributed by atoms with E-state index in [9.17, 15) is 17.6 Å². The van der Waals surface area contributed by atoms with Gasteiger partial charge in [-0.2, -0.15) is 0 Å². The van der Waals surface area contributed by atoms with Gasteiger partial charge in [-0.25, -0.2) is 9.37 Å². The normalized spacial score (nSPS) is 12.0. The van der Waals surface area contributed by atoms with Crippen LogP contribution in [-0.4, -0.2) is 16.3 Å². The molecule has 7 heteroatoms. The second-order valence-electron chi connectivity index (χ2n) is 2.75. The van der Waals surface area contributed by atoms with E-state index in [1.165, 1.54) is 0 Å². The molecule has 0 aliphatic carbocycles. The number of aromatic nitrogens is 2. The van der Waals surface area contributed by atoms with Gasteiger partial charge in [-0.15, -0.1) is 13.2 Å². The number of hydrogen-bond donors (Lipinski definition) is 1. The molecular weight excluding hydrogens is 216 g/mol. The van der Waals surface area contributed by atoms with E-state index in [4.69, 9.17) is 0 Å². The molecule has 1 heterocycles. The van der Waals surface area contributed by atoms with E-state index >= 15 is 0 Å². The number of rotatable bonds is 1. The van der Waals surface area contributed by atoms with E-state index in [1.54, 1.807) is 0 Å². The van der Waals surface area contributed by atoms with Crippen LogP contribution in [0.5, 0.6) is 5.75 Å². The molecule has 1 N–H and O–H groups in total. The number of hydrogen-bond acceptors (Lipinski definition) is 2. The highest BCUT2D eigenvalue weighted by Gasteiger charge is 2.32. The van der Waals surface area contributed by atoms with E-state index < -0.39 is 17.9 Å². The summed E-state index contributed by atoms with van der Waals surface area (Å²) in [4.78, 5) is 6.08. The average molecular weight is 220 g/mol. The first kappa shape index (κ1) is 9.75. The lowest BCUT2D eigenvalue weighted by atomic mass is 10.3. The minimum absolute atomic E-state index is 0.0614. The van der Waals surface area contributed by atoms with Crippen LogP contribution in [0, 0.1) is 5.82 Å². The monoisotopic (exact) mass is 220 g/mol. The summed E-state index contributed by atoms with van der Waals surface area (Å²) >= 11 is 0. The molecule has 0 atom stereocenters. The van der Waals surface area contributed by atoms with Crippen molar-refractivity contribution in [3.63, 3.8) is 0 Å². The number of imidazole rings is 1. The van der Waals surface area contributed by atoms with Crippen LogP contribution < -0.4 is 4.74 Å². The van der Waals surface area contributed by atoms with Crippen LogP contribution in [0.15, 0.2) is 18.5 Å². The summed E-state index contributed by atoms with van der Waals surface area (Å²) in [5.41, 5.74) is 0.0861. The Morgan fingerprint density at radius 3 is 2.67 bits per heavy atom. The van der Waals surface area contributed by atoms with E-state index in [0.29, 0.717) is 6.07 Å². The van der Waals surface area contributed by atoms with Gasteiger partial charge < -0.3 is 9.72 Å². The van der Waals surface area contributed by atoms with Crippen molar-refractivity contribution in [2.75, 3.05) is 0 Å². The fraction of sp³-hybridized carbons (Fsp3) is 0.125. The zero-order valence-electron chi connectivity index (χ0n) is 7.10. The van der Waals surface area contributed by atoms with Gasteiger partial charge in [0.05, 0.1) is 11.8 Å². The van der Waals surface area contributed by atoms with E-state index in [2.05, 4.69) is 14.7 Å². The summed E-state index contributed by atoms with van der Waals surface area (Å²) in [5, 5.41) is 0. The van der Waals surface area contributed by atoms with Gasteiger partial charge in [0.2, 0.25) is 0 Å². The van der Waals surface area contributed by atoms with Gasteiger partial charge in [0, 0.05) is 6.07 Å². The molecule has 0 radical (unpaired) electrons. The fourth-order valence-electron chi connectivity index (χ4n) is 1.19. The Hall–Kier alpha value is -1.79. The Labute approximate surface area is 80.7 Å². The van der Waals surface area contributed by atoms with Gasteiger partial charge in [0.15, 0.2) is 5.75 Å².